The fourth-order valence-electron chi connectivity index (χ4n) is 2.45. The van der Waals surface area contributed by atoms with Gasteiger partial charge >= 0.3 is 0 Å². The molecule has 0 bridgehead atoms. The molecule has 0 amide bonds. The molecular weight excluding hydrogens is 257 g/mol. The van der Waals surface area contributed by atoms with Crippen LogP contribution in [0.2, 0.25) is 5.02 Å². The molecule has 3 heterocycles. The Bertz CT molecular complexity index is 413. The second-order valence-corrected chi connectivity index (χ2v) is 5.07. The minimum Gasteiger partial charge on any atom is -0.378 e. The summed E-state index contributed by atoms with van der Waals surface area (Å²) in [6.07, 6.45) is 2.71. The second kappa shape index (κ2) is 4.99. The summed E-state index contributed by atoms with van der Waals surface area (Å²) in [5.74, 6) is -0.345. The molecule has 2 fully saturated rings. The molecule has 4 nitrogen and oxygen atoms in total. The van der Waals surface area contributed by atoms with Crippen molar-refractivity contribution in [1.29, 1.82) is 0 Å². The van der Waals surface area contributed by atoms with Crippen LogP contribution in [0.4, 0.5) is 10.1 Å². The third-order valence-corrected chi connectivity index (χ3v) is 3.87. The van der Waals surface area contributed by atoms with Gasteiger partial charge in [-0.3, -0.25) is 9.88 Å². The van der Waals surface area contributed by atoms with Gasteiger partial charge in [0.15, 0.2) is 5.82 Å². The highest BCUT2D eigenvalue weighted by atomic mass is 35.5. The standard InChI is InChI=1S/C12H15ClFN3O/c13-10-5-15-6-11(14)12(10)17-3-1-16(2-4-17)9-7-18-8-9/h5-6,9H,1-4,7-8H2. The minimum absolute atomic E-state index is 0.345. The number of halogens is 2. The van der Waals surface area contributed by atoms with Crippen LogP contribution < -0.4 is 4.90 Å². The highest BCUT2D eigenvalue weighted by molar-refractivity contribution is 6.33. The molecule has 1 aromatic rings. The van der Waals surface area contributed by atoms with Crippen molar-refractivity contribution in [2.24, 2.45) is 0 Å². The lowest BCUT2D eigenvalue weighted by atomic mass is 10.1. The highest BCUT2D eigenvalue weighted by Gasteiger charge is 2.30. The van der Waals surface area contributed by atoms with Gasteiger partial charge in [0, 0.05) is 32.4 Å². The van der Waals surface area contributed by atoms with Gasteiger partial charge in [0.05, 0.1) is 36.2 Å². The smallest absolute Gasteiger partial charge is 0.166 e. The van der Waals surface area contributed by atoms with Crippen LogP contribution in [0.25, 0.3) is 0 Å². The van der Waals surface area contributed by atoms with Gasteiger partial charge in [-0.1, -0.05) is 11.6 Å². The molecule has 2 saturated heterocycles. The zero-order valence-corrected chi connectivity index (χ0v) is 10.7. The normalized spacial score (nSPS) is 22.0. The van der Waals surface area contributed by atoms with Crippen molar-refractivity contribution < 1.29 is 9.13 Å². The Morgan fingerprint density at radius 2 is 1.94 bits per heavy atom. The summed E-state index contributed by atoms with van der Waals surface area (Å²) >= 11 is 6.02. The maximum absolute atomic E-state index is 13.7. The molecule has 0 atom stereocenters. The quantitative estimate of drug-likeness (QED) is 0.813. The molecule has 3 rings (SSSR count). The van der Waals surface area contributed by atoms with Crippen LogP contribution in [-0.4, -0.2) is 55.3 Å². The summed E-state index contributed by atoms with van der Waals surface area (Å²) in [6.45, 7) is 5.07. The SMILES string of the molecule is Fc1cncc(Cl)c1N1CCN(C2COC2)CC1. The van der Waals surface area contributed by atoms with E-state index in [1.807, 2.05) is 4.90 Å². The summed E-state index contributed by atoms with van der Waals surface area (Å²) in [5, 5.41) is 0.385. The van der Waals surface area contributed by atoms with Gasteiger partial charge in [0.1, 0.15) is 0 Å². The third-order valence-electron chi connectivity index (χ3n) is 3.60. The first-order valence-electron chi connectivity index (χ1n) is 6.11. The summed E-state index contributed by atoms with van der Waals surface area (Å²) < 4.78 is 18.9. The van der Waals surface area contributed by atoms with E-state index in [2.05, 4.69) is 9.88 Å². The number of piperazine rings is 1. The molecule has 0 aliphatic carbocycles. The van der Waals surface area contributed by atoms with Gasteiger partial charge < -0.3 is 9.64 Å². The first-order chi connectivity index (χ1) is 8.75. The van der Waals surface area contributed by atoms with Crippen molar-refractivity contribution >= 4 is 17.3 Å². The first-order valence-corrected chi connectivity index (χ1v) is 6.49. The number of rotatable bonds is 2. The Balaban J connectivity index is 1.68. The number of hydrogen-bond acceptors (Lipinski definition) is 4. The van der Waals surface area contributed by atoms with Crippen LogP contribution in [0.3, 0.4) is 0 Å². The van der Waals surface area contributed by atoms with Crippen LogP contribution in [0.15, 0.2) is 12.4 Å². The van der Waals surface area contributed by atoms with Crippen LogP contribution in [-0.2, 0) is 4.74 Å². The van der Waals surface area contributed by atoms with Crippen LogP contribution in [0.1, 0.15) is 0 Å². The predicted octanol–water partition coefficient (Wildman–Crippen LogP) is 1.39. The van der Waals surface area contributed by atoms with Gasteiger partial charge in [0.2, 0.25) is 0 Å². The molecule has 0 radical (unpaired) electrons. The van der Waals surface area contributed by atoms with Gasteiger partial charge in [-0.15, -0.1) is 0 Å². The molecule has 1 aromatic heterocycles. The topological polar surface area (TPSA) is 28.6 Å². The van der Waals surface area contributed by atoms with E-state index in [0.29, 0.717) is 16.8 Å². The molecule has 0 aromatic carbocycles. The minimum atomic E-state index is -0.345. The number of hydrogen-bond donors (Lipinski definition) is 0. The van der Waals surface area contributed by atoms with E-state index in [4.69, 9.17) is 16.3 Å². The van der Waals surface area contributed by atoms with Crippen molar-refractivity contribution in [3.05, 3.63) is 23.2 Å². The zero-order valence-electron chi connectivity index (χ0n) is 9.98. The number of nitrogens with zero attached hydrogens (tertiary/aromatic N) is 3. The monoisotopic (exact) mass is 271 g/mol. The van der Waals surface area contributed by atoms with E-state index in [9.17, 15) is 4.39 Å². The van der Waals surface area contributed by atoms with E-state index >= 15 is 0 Å². The third kappa shape index (κ3) is 2.18. The lowest BCUT2D eigenvalue weighted by Crippen LogP contribution is -2.56. The highest BCUT2D eigenvalue weighted by Crippen LogP contribution is 2.29. The zero-order chi connectivity index (χ0) is 12.5. The maximum atomic E-state index is 13.7. The molecule has 2 aliphatic heterocycles. The summed E-state index contributed by atoms with van der Waals surface area (Å²) in [7, 11) is 0. The number of aromatic nitrogens is 1. The molecule has 0 N–H and O–H groups in total. The van der Waals surface area contributed by atoms with Crippen molar-refractivity contribution in [2.45, 2.75) is 6.04 Å². The van der Waals surface area contributed by atoms with Crippen LogP contribution >= 0.6 is 11.6 Å². The number of pyridine rings is 1. The molecule has 18 heavy (non-hydrogen) atoms. The molecule has 2 aliphatic rings. The first kappa shape index (κ1) is 12.1. The maximum Gasteiger partial charge on any atom is 0.166 e. The average Bonchev–Trinajstić information content (AvgIpc) is 2.29. The van der Waals surface area contributed by atoms with Crippen molar-refractivity contribution in [3.8, 4) is 0 Å². The summed E-state index contributed by atoms with van der Waals surface area (Å²) in [5.41, 5.74) is 0.483. The lowest BCUT2D eigenvalue weighted by Gasteiger charge is -2.43. The molecular formula is C12H15ClFN3O. The molecule has 98 valence electrons. The Morgan fingerprint density at radius 1 is 1.22 bits per heavy atom. The predicted molar refractivity (Wildman–Crippen MR) is 67.6 cm³/mol. The Morgan fingerprint density at radius 3 is 2.50 bits per heavy atom. The summed E-state index contributed by atoms with van der Waals surface area (Å²) in [6, 6.07) is 0.546. The van der Waals surface area contributed by atoms with Crippen molar-refractivity contribution in [1.82, 2.24) is 9.88 Å². The van der Waals surface area contributed by atoms with E-state index in [1.54, 1.807) is 0 Å². The van der Waals surface area contributed by atoms with Gasteiger partial charge in [-0.2, -0.15) is 0 Å². The number of anilines is 1. The largest absolute Gasteiger partial charge is 0.378 e. The summed E-state index contributed by atoms with van der Waals surface area (Å²) in [4.78, 5) is 8.14. The van der Waals surface area contributed by atoms with E-state index in [1.165, 1.54) is 12.4 Å². The lowest BCUT2D eigenvalue weighted by molar-refractivity contribution is -0.0660. The molecule has 0 saturated carbocycles. The van der Waals surface area contributed by atoms with Gasteiger partial charge in [-0.05, 0) is 0 Å². The fraction of sp³-hybridized carbons (Fsp3) is 0.583. The van der Waals surface area contributed by atoms with Gasteiger partial charge in [-0.25, -0.2) is 4.39 Å². The Labute approximate surface area is 110 Å². The fourth-order valence-corrected chi connectivity index (χ4v) is 2.72. The number of ether oxygens (including phenoxy) is 1. The second-order valence-electron chi connectivity index (χ2n) is 4.67. The van der Waals surface area contributed by atoms with E-state index in [0.717, 1.165) is 39.4 Å². The molecule has 0 spiro atoms. The van der Waals surface area contributed by atoms with Crippen molar-refractivity contribution in [3.63, 3.8) is 0 Å². The van der Waals surface area contributed by atoms with Crippen LogP contribution in [0.5, 0.6) is 0 Å². The average molecular weight is 272 g/mol. The van der Waals surface area contributed by atoms with Crippen LogP contribution in [0, 0.1) is 5.82 Å². The van der Waals surface area contributed by atoms with Gasteiger partial charge in [0.25, 0.3) is 0 Å². The Hall–Kier alpha value is -0.910. The van der Waals surface area contributed by atoms with E-state index in [-0.39, 0.29) is 5.82 Å². The molecule has 0 unspecified atom stereocenters. The molecule has 6 heteroatoms. The van der Waals surface area contributed by atoms with E-state index < -0.39 is 0 Å². The Kier molecular flexibility index (Phi) is 3.37. The van der Waals surface area contributed by atoms with Crippen molar-refractivity contribution in [2.75, 3.05) is 44.3 Å².